The van der Waals surface area contributed by atoms with Crippen LogP contribution >= 0.6 is 27.5 Å². The van der Waals surface area contributed by atoms with Crippen molar-refractivity contribution in [1.82, 2.24) is 10.2 Å². The molecule has 0 saturated carbocycles. The van der Waals surface area contributed by atoms with Crippen LogP contribution in [0.5, 0.6) is 5.75 Å². The van der Waals surface area contributed by atoms with Crippen LogP contribution in [0, 0.1) is 0 Å². The van der Waals surface area contributed by atoms with Crippen molar-refractivity contribution in [2.75, 3.05) is 6.61 Å². The van der Waals surface area contributed by atoms with Crippen LogP contribution < -0.4 is 10.1 Å². The summed E-state index contributed by atoms with van der Waals surface area (Å²) in [7, 11) is 0. The number of ether oxygens (including phenoxy) is 1. The molecule has 2 amide bonds. The first-order valence-corrected chi connectivity index (χ1v) is 11.8. The van der Waals surface area contributed by atoms with Crippen LogP contribution in [0.1, 0.15) is 58.6 Å². The zero-order chi connectivity index (χ0) is 24.1. The van der Waals surface area contributed by atoms with E-state index in [0.717, 1.165) is 10.0 Å². The van der Waals surface area contributed by atoms with Gasteiger partial charge in [0.25, 0.3) is 5.91 Å². The largest absolute Gasteiger partial charge is 0.483 e. The van der Waals surface area contributed by atoms with E-state index in [4.69, 9.17) is 16.3 Å². The number of rotatable bonds is 8. The van der Waals surface area contributed by atoms with Crippen molar-refractivity contribution in [2.24, 2.45) is 0 Å². The Morgan fingerprint density at radius 2 is 1.72 bits per heavy atom. The average Bonchev–Trinajstić information content (AvgIpc) is 2.70. The minimum atomic E-state index is -0.673. The third kappa shape index (κ3) is 7.82. The molecule has 0 aliphatic carbocycles. The third-order valence-corrected chi connectivity index (χ3v) is 5.78. The van der Waals surface area contributed by atoms with Crippen molar-refractivity contribution in [3.63, 3.8) is 0 Å². The molecule has 174 valence electrons. The van der Waals surface area contributed by atoms with Crippen molar-refractivity contribution in [1.29, 1.82) is 0 Å². The lowest BCUT2D eigenvalue weighted by Crippen LogP contribution is -2.53. The molecule has 32 heavy (non-hydrogen) atoms. The van der Waals surface area contributed by atoms with Gasteiger partial charge < -0.3 is 15.0 Å². The number of nitrogens with one attached hydrogen (secondary N) is 1. The van der Waals surface area contributed by atoms with E-state index in [9.17, 15) is 9.59 Å². The van der Waals surface area contributed by atoms with Gasteiger partial charge in [-0.2, -0.15) is 0 Å². The summed E-state index contributed by atoms with van der Waals surface area (Å²) < 4.78 is 6.60. The Kier molecular flexibility index (Phi) is 9.17. The summed E-state index contributed by atoms with van der Waals surface area (Å²) in [5.41, 5.74) is 1.65. The van der Waals surface area contributed by atoms with Crippen molar-refractivity contribution in [3.8, 4) is 5.75 Å². The zero-order valence-electron chi connectivity index (χ0n) is 19.5. The van der Waals surface area contributed by atoms with Gasteiger partial charge in [-0.15, -0.1) is 0 Å². The average molecular weight is 524 g/mol. The highest BCUT2D eigenvalue weighted by Gasteiger charge is 2.28. The molecule has 1 atom stereocenters. The van der Waals surface area contributed by atoms with Gasteiger partial charge in [0, 0.05) is 17.1 Å². The second-order valence-corrected chi connectivity index (χ2v) is 10.5. The quantitative estimate of drug-likeness (QED) is 0.466. The van der Waals surface area contributed by atoms with Crippen LogP contribution in [0.15, 0.2) is 46.9 Å². The molecule has 0 fully saturated rings. The fraction of sp³-hybridized carbons (Fsp3) is 0.440. The summed E-state index contributed by atoms with van der Waals surface area (Å²) >= 11 is 9.51. The van der Waals surface area contributed by atoms with Crippen molar-refractivity contribution >= 4 is 39.3 Å². The van der Waals surface area contributed by atoms with Crippen LogP contribution in [0.2, 0.25) is 5.02 Å². The molecule has 0 radical (unpaired) electrons. The Morgan fingerprint density at radius 3 is 2.25 bits per heavy atom. The smallest absolute Gasteiger partial charge is 0.261 e. The van der Waals surface area contributed by atoms with E-state index < -0.39 is 11.6 Å². The van der Waals surface area contributed by atoms with Crippen LogP contribution in [-0.4, -0.2) is 34.9 Å². The molecular formula is C25H32BrClN2O3. The van der Waals surface area contributed by atoms with Gasteiger partial charge in [0.15, 0.2) is 6.61 Å². The maximum Gasteiger partial charge on any atom is 0.261 e. The summed E-state index contributed by atoms with van der Waals surface area (Å²) in [6.45, 7) is 11.8. The molecular weight excluding hydrogens is 492 g/mol. The van der Waals surface area contributed by atoms with E-state index in [1.54, 1.807) is 19.1 Å². The lowest BCUT2D eigenvalue weighted by molar-refractivity contribution is -0.142. The fourth-order valence-corrected chi connectivity index (χ4v) is 3.70. The minimum absolute atomic E-state index is 0.180. The van der Waals surface area contributed by atoms with Gasteiger partial charge in [0.05, 0.1) is 4.47 Å². The fourth-order valence-electron chi connectivity index (χ4n) is 3.06. The van der Waals surface area contributed by atoms with E-state index in [1.807, 2.05) is 51.1 Å². The van der Waals surface area contributed by atoms with Gasteiger partial charge in [-0.3, -0.25) is 9.59 Å². The van der Waals surface area contributed by atoms with Gasteiger partial charge in [0.1, 0.15) is 11.8 Å². The first-order valence-electron chi connectivity index (χ1n) is 10.7. The minimum Gasteiger partial charge on any atom is -0.483 e. The van der Waals surface area contributed by atoms with Crippen LogP contribution in [0.3, 0.4) is 0 Å². The highest BCUT2D eigenvalue weighted by molar-refractivity contribution is 9.10. The molecule has 0 aromatic heterocycles. The van der Waals surface area contributed by atoms with Gasteiger partial charge in [-0.05, 0) is 84.9 Å². The second-order valence-electron chi connectivity index (χ2n) is 9.20. The molecule has 1 unspecified atom stereocenters. The lowest BCUT2D eigenvalue weighted by Gasteiger charge is -2.31. The number of hydrogen-bond acceptors (Lipinski definition) is 3. The lowest BCUT2D eigenvalue weighted by atomic mass is 10.0. The predicted molar refractivity (Wildman–Crippen MR) is 133 cm³/mol. The molecule has 2 aromatic carbocycles. The van der Waals surface area contributed by atoms with E-state index >= 15 is 0 Å². The van der Waals surface area contributed by atoms with Gasteiger partial charge in [-0.25, -0.2) is 0 Å². The Morgan fingerprint density at radius 1 is 1.09 bits per heavy atom. The maximum absolute atomic E-state index is 13.2. The Bertz CT molecular complexity index is 939. The first kappa shape index (κ1) is 26.2. The molecule has 2 rings (SSSR count). The summed E-state index contributed by atoms with van der Waals surface area (Å²) in [6, 6.07) is 12.4. The molecule has 0 heterocycles. The number of hydrogen-bond donors (Lipinski definition) is 1. The Balaban J connectivity index is 2.19. The summed E-state index contributed by atoms with van der Waals surface area (Å²) in [5.74, 6) is 0.471. The standard InChI is InChI=1S/C25H32BrClN2O3/c1-16(2)19-9-12-22(21(26)13-19)32-15-23(30)29(14-18-7-10-20(27)11-8-18)17(3)24(31)28-25(4,5)6/h7-13,16-17H,14-15H2,1-6H3,(H,28,31). The monoisotopic (exact) mass is 522 g/mol. The highest BCUT2D eigenvalue weighted by Crippen LogP contribution is 2.29. The first-order chi connectivity index (χ1) is 14.9. The molecule has 0 aliphatic rings. The summed E-state index contributed by atoms with van der Waals surface area (Å²) in [5, 5.41) is 3.56. The normalized spacial score (nSPS) is 12.4. The van der Waals surface area contributed by atoms with Crippen molar-refractivity contribution < 1.29 is 14.3 Å². The van der Waals surface area contributed by atoms with Gasteiger partial charge >= 0.3 is 0 Å². The van der Waals surface area contributed by atoms with Gasteiger partial charge in [0.2, 0.25) is 5.91 Å². The molecule has 7 heteroatoms. The topological polar surface area (TPSA) is 58.6 Å². The number of benzene rings is 2. The molecule has 0 aliphatic heterocycles. The molecule has 0 bridgehead atoms. The van der Waals surface area contributed by atoms with E-state index in [2.05, 4.69) is 35.1 Å². The second kappa shape index (κ2) is 11.2. The van der Waals surface area contributed by atoms with E-state index in [0.29, 0.717) is 16.7 Å². The Hall–Kier alpha value is -2.05. The molecule has 0 saturated heterocycles. The van der Waals surface area contributed by atoms with Gasteiger partial charge in [-0.1, -0.05) is 43.6 Å². The number of carbonyl (C=O) groups excluding carboxylic acids is 2. The number of halogens is 2. The number of carbonyl (C=O) groups is 2. The Labute approximate surface area is 204 Å². The van der Waals surface area contributed by atoms with Crippen LogP contribution in [0.4, 0.5) is 0 Å². The van der Waals surface area contributed by atoms with Crippen molar-refractivity contribution in [2.45, 2.75) is 65.6 Å². The summed E-state index contributed by atoms with van der Waals surface area (Å²) in [4.78, 5) is 27.5. The van der Waals surface area contributed by atoms with Crippen molar-refractivity contribution in [3.05, 3.63) is 63.1 Å². The zero-order valence-corrected chi connectivity index (χ0v) is 21.9. The van der Waals surface area contributed by atoms with E-state index in [-0.39, 0.29) is 25.0 Å². The van der Waals surface area contributed by atoms with Crippen LogP contribution in [-0.2, 0) is 16.1 Å². The highest BCUT2D eigenvalue weighted by atomic mass is 79.9. The van der Waals surface area contributed by atoms with Crippen LogP contribution in [0.25, 0.3) is 0 Å². The molecule has 0 spiro atoms. The number of nitrogens with zero attached hydrogens (tertiary/aromatic N) is 1. The van der Waals surface area contributed by atoms with E-state index in [1.165, 1.54) is 10.5 Å². The summed E-state index contributed by atoms with van der Waals surface area (Å²) in [6.07, 6.45) is 0. The molecule has 5 nitrogen and oxygen atoms in total. The maximum atomic E-state index is 13.2. The predicted octanol–water partition coefficient (Wildman–Crippen LogP) is 5.94. The molecule has 2 aromatic rings. The third-order valence-electron chi connectivity index (χ3n) is 4.91. The number of amides is 2. The molecule has 1 N–H and O–H groups in total. The SMILES string of the molecule is CC(C)c1ccc(OCC(=O)N(Cc2ccc(Cl)cc2)C(C)C(=O)NC(C)(C)C)c(Br)c1.